The third-order valence-electron chi connectivity index (χ3n) is 4.37. The lowest BCUT2D eigenvalue weighted by Crippen LogP contribution is -2.48. The van der Waals surface area contributed by atoms with Crippen LogP contribution in [0.1, 0.15) is 49.2 Å². The molecule has 1 saturated heterocycles. The molecule has 2 heterocycles. The van der Waals surface area contributed by atoms with Gasteiger partial charge in [0, 0.05) is 24.7 Å². The molecule has 1 aliphatic heterocycles. The number of piperidine rings is 1. The summed E-state index contributed by atoms with van der Waals surface area (Å²) in [5.41, 5.74) is 2.26. The van der Waals surface area contributed by atoms with Crippen LogP contribution in [0, 0.1) is 12.3 Å². The van der Waals surface area contributed by atoms with Crippen LogP contribution < -0.4 is 0 Å². The van der Waals surface area contributed by atoms with E-state index in [2.05, 4.69) is 29.9 Å². The summed E-state index contributed by atoms with van der Waals surface area (Å²) in [6.07, 6.45) is 7.85. The summed E-state index contributed by atoms with van der Waals surface area (Å²) >= 11 is 0. The van der Waals surface area contributed by atoms with Gasteiger partial charge in [-0.2, -0.15) is 0 Å². The van der Waals surface area contributed by atoms with Crippen molar-refractivity contribution in [2.24, 2.45) is 5.41 Å². The fourth-order valence-electron chi connectivity index (χ4n) is 2.93. The molecule has 1 aromatic rings. The van der Waals surface area contributed by atoms with Crippen LogP contribution in [0.15, 0.2) is 24.2 Å². The second-order valence-corrected chi connectivity index (χ2v) is 6.50. The monoisotopic (exact) mass is 303 g/mol. The Labute approximate surface area is 132 Å². The number of aromatic nitrogens is 2. The molecule has 1 amide bonds. The average molecular weight is 303 g/mol. The minimum Gasteiger partial charge on any atom is -0.396 e. The number of aliphatic hydroxyl groups excluding tert-OH is 1. The Morgan fingerprint density at radius 1 is 1.50 bits per heavy atom. The third kappa shape index (κ3) is 3.71. The van der Waals surface area contributed by atoms with Crippen LogP contribution in [0.4, 0.5) is 0 Å². The van der Waals surface area contributed by atoms with Gasteiger partial charge in [-0.05, 0) is 40.0 Å². The fourth-order valence-corrected chi connectivity index (χ4v) is 2.93. The van der Waals surface area contributed by atoms with Crippen molar-refractivity contribution in [1.82, 2.24) is 14.9 Å². The number of carbonyl (C=O) groups is 1. The molecule has 1 fully saturated rings. The number of likely N-dealkylation sites (tertiary alicyclic amines) is 1. The number of nitrogens with zero attached hydrogens (tertiary/aromatic N) is 3. The minimum atomic E-state index is -0.227. The van der Waals surface area contributed by atoms with Crippen molar-refractivity contribution in [2.45, 2.75) is 40.0 Å². The maximum Gasteiger partial charge on any atom is 0.257 e. The molecule has 2 rings (SSSR count). The van der Waals surface area contributed by atoms with Crippen molar-refractivity contribution < 1.29 is 9.90 Å². The zero-order valence-corrected chi connectivity index (χ0v) is 13.7. The Bertz CT molecular complexity index is 567. The van der Waals surface area contributed by atoms with Gasteiger partial charge in [0.25, 0.3) is 5.91 Å². The molecule has 0 aromatic carbocycles. The van der Waals surface area contributed by atoms with E-state index in [4.69, 9.17) is 0 Å². The van der Waals surface area contributed by atoms with Gasteiger partial charge in [-0.15, -0.1) is 0 Å². The molecule has 5 heteroatoms. The SMILES string of the molecule is CC(C)=CC[C@]1(CO)CCCN(C(=O)c2cncnc2C)C1. The van der Waals surface area contributed by atoms with E-state index in [1.165, 1.54) is 11.9 Å². The van der Waals surface area contributed by atoms with Crippen molar-refractivity contribution in [3.63, 3.8) is 0 Å². The molecular weight excluding hydrogens is 278 g/mol. The van der Waals surface area contributed by atoms with E-state index in [1.54, 1.807) is 6.20 Å². The number of allylic oxidation sites excluding steroid dienone is 2. The van der Waals surface area contributed by atoms with E-state index < -0.39 is 0 Å². The van der Waals surface area contributed by atoms with Crippen molar-refractivity contribution >= 4 is 5.91 Å². The van der Waals surface area contributed by atoms with Crippen molar-refractivity contribution in [2.75, 3.05) is 19.7 Å². The lowest BCUT2D eigenvalue weighted by atomic mass is 9.77. The first kappa shape index (κ1) is 16.6. The highest BCUT2D eigenvalue weighted by atomic mass is 16.3. The minimum absolute atomic E-state index is 0.0344. The fraction of sp³-hybridized carbons (Fsp3) is 0.588. The number of hydrogen-bond acceptors (Lipinski definition) is 4. The summed E-state index contributed by atoms with van der Waals surface area (Å²) in [6.45, 7) is 7.35. The third-order valence-corrected chi connectivity index (χ3v) is 4.37. The molecule has 1 atom stereocenters. The van der Waals surface area contributed by atoms with Gasteiger partial charge in [0.05, 0.1) is 17.9 Å². The predicted molar refractivity (Wildman–Crippen MR) is 85.5 cm³/mol. The van der Waals surface area contributed by atoms with Crippen LogP contribution in [-0.4, -0.2) is 45.6 Å². The van der Waals surface area contributed by atoms with Gasteiger partial charge >= 0.3 is 0 Å². The van der Waals surface area contributed by atoms with Crippen molar-refractivity contribution in [1.29, 1.82) is 0 Å². The maximum atomic E-state index is 12.7. The largest absolute Gasteiger partial charge is 0.396 e. The van der Waals surface area contributed by atoms with Gasteiger partial charge in [-0.25, -0.2) is 9.97 Å². The van der Waals surface area contributed by atoms with Crippen LogP contribution in [0.25, 0.3) is 0 Å². The number of hydrogen-bond donors (Lipinski definition) is 1. The van der Waals surface area contributed by atoms with E-state index in [9.17, 15) is 9.90 Å². The zero-order valence-electron chi connectivity index (χ0n) is 13.7. The van der Waals surface area contributed by atoms with Crippen molar-refractivity contribution in [3.8, 4) is 0 Å². The smallest absolute Gasteiger partial charge is 0.257 e. The number of aryl methyl sites for hydroxylation is 1. The summed E-state index contributed by atoms with van der Waals surface area (Å²) in [4.78, 5) is 22.6. The predicted octanol–water partition coefficient (Wildman–Crippen LogP) is 2.36. The summed E-state index contributed by atoms with van der Waals surface area (Å²) in [6, 6.07) is 0. The number of aliphatic hydroxyl groups is 1. The first-order valence-electron chi connectivity index (χ1n) is 7.77. The maximum absolute atomic E-state index is 12.7. The second kappa shape index (κ2) is 7.01. The second-order valence-electron chi connectivity index (χ2n) is 6.50. The molecule has 0 aliphatic carbocycles. The average Bonchev–Trinajstić information content (AvgIpc) is 2.53. The molecule has 1 N–H and O–H groups in total. The Morgan fingerprint density at radius 2 is 2.27 bits per heavy atom. The van der Waals surface area contributed by atoms with E-state index >= 15 is 0 Å². The molecule has 0 spiro atoms. The van der Waals surface area contributed by atoms with Gasteiger partial charge in [0.15, 0.2) is 0 Å². The molecule has 22 heavy (non-hydrogen) atoms. The highest BCUT2D eigenvalue weighted by molar-refractivity contribution is 5.95. The number of rotatable bonds is 4. The Balaban J connectivity index is 2.17. The first-order valence-corrected chi connectivity index (χ1v) is 7.77. The number of amides is 1. The van der Waals surface area contributed by atoms with Crippen LogP contribution in [0.3, 0.4) is 0 Å². The van der Waals surface area contributed by atoms with Crippen molar-refractivity contribution in [3.05, 3.63) is 35.4 Å². The number of carbonyl (C=O) groups excluding carboxylic acids is 1. The Kier molecular flexibility index (Phi) is 5.29. The molecule has 0 unspecified atom stereocenters. The van der Waals surface area contributed by atoms with Crippen LogP contribution in [0.2, 0.25) is 0 Å². The van der Waals surface area contributed by atoms with Gasteiger partial charge < -0.3 is 10.0 Å². The molecular formula is C17H25N3O2. The van der Waals surface area contributed by atoms with Gasteiger partial charge in [0.2, 0.25) is 0 Å². The molecule has 120 valence electrons. The molecule has 1 aromatic heterocycles. The Morgan fingerprint density at radius 3 is 2.91 bits per heavy atom. The molecule has 0 bridgehead atoms. The molecule has 0 saturated carbocycles. The van der Waals surface area contributed by atoms with E-state index in [1.807, 2.05) is 11.8 Å². The van der Waals surface area contributed by atoms with Crippen LogP contribution in [0.5, 0.6) is 0 Å². The highest BCUT2D eigenvalue weighted by Crippen LogP contribution is 2.34. The standard InChI is InChI=1S/C17H25N3O2/c1-13(2)5-7-17(11-21)6-4-8-20(10-17)16(22)15-9-18-12-19-14(15)3/h5,9,12,21H,4,6-8,10-11H2,1-3H3/t17-/m1/s1. The van der Waals surface area contributed by atoms with Gasteiger partial charge in [0.1, 0.15) is 6.33 Å². The van der Waals surface area contributed by atoms with E-state index in [0.717, 1.165) is 25.8 Å². The summed E-state index contributed by atoms with van der Waals surface area (Å²) in [5, 5.41) is 9.89. The quantitative estimate of drug-likeness (QED) is 0.867. The summed E-state index contributed by atoms with van der Waals surface area (Å²) < 4.78 is 0. The Hall–Kier alpha value is -1.75. The lowest BCUT2D eigenvalue weighted by Gasteiger charge is -2.41. The van der Waals surface area contributed by atoms with Crippen LogP contribution in [-0.2, 0) is 0 Å². The zero-order chi connectivity index (χ0) is 16.2. The molecule has 1 aliphatic rings. The van der Waals surface area contributed by atoms with Gasteiger partial charge in [-0.3, -0.25) is 4.79 Å². The topological polar surface area (TPSA) is 66.3 Å². The molecule has 5 nitrogen and oxygen atoms in total. The van der Waals surface area contributed by atoms with E-state index in [-0.39, 0.29) is 17.9 Å². The van der Waals surface area contributed by atoms with Crippen LogP contribution >= 0.6 is 0 Å². The van der Waals surface area contributed by atoms with E-state index in [0.29, 0.717) is 17.8 Å². The molecule has 0 radical (unpaired) electrons. The van der Waals surface area contributed by atoms with Gasteiger partial charge in [-0.1, -0.05) is 11.6 Å². The first-order chi connectivity index (χ1) is 10.5. The highest BCUT2D eigenvalue weighted by Gasteiger charge is 2.36. The lowest BCUT2D eigenvalue weighted by molar-refractivity contribution is 0.0283. The normalized spacial score (nSPS) is 21.5. The summed E-state index contributed by atoms with van der Waals surface area (Å²) in [7, 11) is 0. The summed E-state index contributed by atoms with van der Waals surface area (Å²) in [5.74, 6) is -0.0344.